The molecule has 94 valence electrons. The number of rotatable bonds is 0. The molecule has 0 unspecified atom stereocenters. The first-order valence-electron chi connectivity index (χ1n) is 6.43. The van der Waals surface area contributed by atoms with Gasteiger partial charge in [-0.2, -0.15) is 0 Å². The van der Waals surface area contributed by atoms with Crippen LogP contribution in [0, 0.1) is 0 Å². The van der Waals surface area contributed by atoms with Crippen molar-refractivity contribution in [1.29, 1.82) is 0 Å². The van der Waals surface area contributed by atoms with Gasteiger partial charge < -0.3 is 4.57 Å². The van der Waals surface area contributed by atoms with Crippen molar-refractivity contribution in [2.24, 2.45) is 0 Å². The van der Waals surface area contributed by atoms with Gasteiger partial charge >= 0.3 is 0 Å². The molecule has 4 rings (SSSR count). The lowest BCUT2D eigenvalue weighted by atomic mass is 9.93. The summed E-state index contributed by atoms with van der Waals surface area (Å²) in [4.78, 5) is 6.09. The maximum absolute atomic E-state index is 4.77. The lowest BCUT2D eigenvalue weighted by molar-refractivity contribution is 0.402. The first-order chi connectivity index (χ1) is 9.18. The minimum atomic E-state index is -0.0622. The van der Waals surface area contributed by atoms with Gasteiger partial charge in [0.15, 0.2) is 5.16 Å². The van der Waals surface area contributed by atoms with Gasteiger partial charge in [0.05, 0.1) is 16.6 Å². The van der Waals surface area contributed by atoms with Crippen molar-refractivity contribution in [3.05, 3.63) is 54.1 Å². The molecule has 0 spiro atoms. The van der Waals surface area contributed by atoms with Crippen LogP contribution < -0.4 is 0 Å². The van der Waals surface area contributed by atoms with Gasteiger partial charge in [0.25, 0.3) is 0 Å². The fraction of sp³-hybridized carbons (Fsp3) is 0.188. The molecule has 0 bridgehead atoms. The molecule has 0 saturated carbocycles. The molecule has 3 aromatic rings. The third-order valence-corrected chi connectivity index (χ3v) is 4.87. The number of aromatic nitrogens is 2. The molecular formula is C16H14N2S. The quantitative estimate of drug-likeness (QED) is 0.604. The lowest BCUT2D eigenvalue weighted by Gasteiger charge is -2.35. The van der Waals surface area contributed by atoms with Crippen molar-refractivity contribution in [1.82, 2.24) is 9.55 Å². The van der Waals surface area contributed by atoms with Gasteiger partial charge in [0.1, 0.15) is 0 Å². The van der Waals surface area contributed by atoms with Crippen LogP contribution in [0.4, 0.5) is 0 Å². The number of hydrogen-bond donors (Lipinski definition) is 0. The average Bonchev–Trinajstić information content (AvgIpc) is 2.77. The fourth-order valence-electron chi connectivity index (χ4n) is 2.89. The van der Waals surface area contributed by atoms with E-state index in [2.05, 4.69) is 60.9 Å². The smallest absolute Gasteiger partial charge is 0.174 e. The van der Waals surface area contributed by atoms with Crippen molar-refractivity contribution >= 4 is 22.8 Å². The maximum atomic E-state index is 4.77. The van der Waals surface area contributed by atoms with E-state index in [-0.39, 0.29) is 5.54 Å². The lowest BCUT2D eigenvalue weighted by Crippen LogP contribution is -2.31. The van der Waals surface area contributed by atoms with E-state index in [9.17, 15) is 0 Å². The fourth-order valence-corrected chi connectivity index (χ4v) is 4.23. The van der Waals surface area contributed by atoms with Crippen LogP contribution in [-0.4, -0.2) is 9.55 Å². The van der Waals surface area contributed by atoms with Gasteiger partial charge in [-0.15, -0.1) is 0 Å². The van der Waals surface area contributed by atoms with E-state index >= 15 is 0 Å². The zero-order valence-electron chi connectivity index (χ0n) is 10.9. The molecular weight excluding hydrogens is 252 g/mol. The summed E-state index contributed by atoms with van der Waals surface area (Å²) in [6, 6.07) is 17.0. The average molecular weight is 266 g/mol. The van der Waals surface area contributed by atoms with Crippen LogP contribution in [-0.2, 0) is 5.54 Å². The number of benzene rings is 2. The highest BCUT2D eigenvalue weighted by molar-refractivity contribution is 7.99. The van der Waals surface area contributed by atoms with Crippen LogP contribution >= 0.6 is 11.8 Å². The van der Waals surface area contributed by atoms with Crippen LogP contribution in [0.15, 0.2) is 58.6 Å². The van der Waals surface area contributed by atoms with Gasteiger partial charge in [-0.1, -0.05) is 42.1 Å². The Morgan fingerprint density at radius 1 is 1.00 bits per heavy atom. The molecule has 0 fully saturated rings. The minimum Gasteiger partial charge on any atom is -0.309 e. The topological polar surface area (TPSA) is 17.8 Å². The Hall–Kier alpha value is -1.74. The van der Waals surface area contributed by atoms with E-state index in [1.165, 1.54) is 16.0 Å². The number of para-hydroxylation sites is 2. The van der Waals surface area contributed by atoms with Crippen LogP contribution in [0.5, 0.6) is 0 Å². The first-order valence-corrected chi connectivity index (χ1v) is 7.25. The summed E-state index contributed by atoms with van der Waals surface area (Å²) in [5.41, 5.74) is 3.60. The Kier molecular flexibility index (Phi) is 2.13. The number of imidazole rings is 1. The van der Waals surface area contributed by atoms with Crippen LogP contribution in [0.2, 0.25) is 0 Å². The first kappa shape index (κ1) is 11.1. The van der Waals surface area contributed by atoms with Gasteiger partial charge in [-0.05, 0) is 37.6 Å². The Bertz CT molecular complexity index is 786. The highest BCUT2D eigenvalue weighted by Crippen LogP contribution is 2.45. The molecule has 0 aliphatic carbocycles. The second-order valence-corrected chi connectivity index (χ2v) is 6.38. The molecule has 1 aromatic heterocycles. The molecule has 1 aliphatic heterocycles. The summed E-state index contributed by atoms with van der Waals surface area (Å²) < 4.78 is 2.36. The molecule has 2 heterocycles. The molecule has 0 N–H and O–H groups in total. The van der Waals surface area contributed by atoms with Gasteiger partial charge in [-0.25, -0.2) is 4.98 Å². The van der Waals surface area contributed by atoms with Gasteiger partial charge in [-0.3, -0.25) is 0 Å². The maximum Gasteiger partial charge on any atom is 0.174 e. The molecule has 0 atom stereocenters. The molecule has 1 aliphatic rings. The van der Waals surface area contributed by atoms with E-state index in [1.54, 1.807) is 11.8 Å². The standard InChI is InChI=1S/C16H14N2S/c1-16(2)11-7-3-6-10-14(11)19-15-17-12-8-4-5-9-13(12)18(15)16/h3-10H,1-2H3. The summed E-state index contributed by atoms with van der Waals surface area (Å²) in [6.07, 6.45) is 0. The van der Waals surface area contributed by atoms with Crippen molar-refractivity contribution in [3.63, 3.8) is 0 Å². The number of fused-ring (bicyclic) bond motifs is 4. The highest BCUT2D eigenvalue weighted by Gasteiger charge is 2.34. The van der Waals surface area contributed by atoms with E-state index < -0.39 is 0 Å². The molecule has 2 aromatic carbocycles. The van der Waals surface area contributed by atoms with Crippen LogP contribution in [0.25, 0.3) is 11.0 Å². The molecule has 0 radical (unpaired) electrons. The van der Waals surface area contributed by atoms with Crippen molar-refractivity contribution in [3.8, 4) is 0 Å². The summed E-state index contributed by atoms with van der Waals surface area (Å²) in [7, 11) is 0. The normalized spacial score (nSPS) is 16.1. The molecule has 0 saturated heterocycles. The predicted octanol–water partition coefficient (Wildman–Crippen LogP) is 4.28. The third kappa shape index (κ3) is 1.42. The molecule has 2 nitrogen and oxygen atoms in total. The highest BCUT2D eigenvalue weighted by atomic mass is 32.2. The zero-order chi connectivity index (χ0) is 13.0. The molecule has 19 heavy (non-hydrogen) atoms. The van der Waals surface area contributed by atoms with Crippen molar-refractivity contribution in [2.75, 3.05) is 0 Å². The largest absolute Gasteiger partial charge is 0.309 e. The summed E-state index contributed by atoms with van der Waals surface area (Å²) in [5.74, 6) is 0. The Labute approximate surface area is 116 Å². The molecule has 3 heteroatoms. The van der Waals surface area contributed by atoms with E-state index in [0.717, 1.165) is 10.7 Å². The van der Waals surface area contributed by atoms with E-state index in [0.29, 0.717) is 0 Å². The van der Waals surface area contributed by atoms with E-state index in [4.69, 9.17) is 4.98 Å². The van der Waals surface area contributed by atoms with Crippen LogP contribution in [0.3, 0.4) is 0 Å². The van der Waals surface area contributed by atoms with Gasteiger partial charge in [0, 0.05) is 4.90 Å². The number of nitrogens with zero attached hydrogens (tertiary/aromatic N) is 2. The summed E-state index contributed by atoms with van der Waals surface area (Å²) >= 11 is 1.76. The van der Waals surface area contributed by atoms with Crippen molar-refractivity contribution < 1.29 is 0 Å². The Balaban J connectivity index is 2.09. The van der Waals surface area contributed by atoms with E-state index in [1.807, 2.05) is 6.07 Å². The second kappa shape index (κ2) is 3.64. The van der Waals surface area contributed by atoms with Gasteiger partial charge in [0.2, 0.25) is 0 Å². The summed E-state index contributed by atoms with van der Waals surface area (Å²) in [5, 5.41) is 1.09. The second-order valence-electron chi connectivity index (χ2n) is 5.38. The SMILES string of the molecule is CC1(C)c2ccccc2Sc2nc3ccccc3n21. The number of hydrogen-bond acceptors (Lipinski definition) is 2. The molecule has 0 amide bonds. The van der Waals surface area contributed by atoms with Crippen molar-refractivity contribution in [2.45, 2.75) is 29.4 Å². The zero-order valence-corrected chi connectivity index (χ0v) is 11.7. The monoisotopic (exact) mass is 266 g/mol. The third-order valence-electron chi connectivity index (χ3n) is 3.84. The Morgan fingerprint density at radius 2 is 1.74 bits per heavy atom. The summed E-state index contributed by atoms with van der Waals surface area (Å²) in [6.45, 7) is 4.53. The minimum absolute atomic E-state index is 0.0622. The Morgan fingerprint density at radius 3 is 2.63 bits per heavy atom. The predicted molar refractivity (Wildman–Crippen MR) is 78.7 cm³/mol. The van der Waals surface area contributed by atoms with Crippen LogP contribution in [0.1, 0.15) is 19.4 Å².